The number of pyridine rings is 1. The molecular formula is C19H18Cl2N2. The van der Waals surface area contributed by atoms with Crippen molar-refractivity contribution in [2.45, 2.75) is 19.5 Å². The van der Waals surface area contributed by atoms with E-state index in [4.69, 9.17) is 23.2 Å². The van der Waals surface area contributed by atoms with E-state index in [2.05, 4.69) is 60.3 Å². The summed E-state index contributed by atoms with van der Waals surface area (Å²) >= 11 is 12.4. The standard InChI is InChI=1S/C19H18Cl2N2/c1-13(15-6-4-3-5-7-15)23(2)12-14-8-9-16-17(10-14)19(21)22-11-18(16)20/h3-11,13H,12H2,1-2H3. The van der Waals surface area contributed by atoms with Gasteiger partial charge in [-0.15, -0.1) is 0 Å². The lowest BCUT2D eigenvalue weighted by molar-refractivity contribution is 0.253. The molecule has 0 amide bonds. The highest BCUT2D eigenvalue weighted by Crippen LogP contribution is 2.29. The third kappa shape index (κ3) is 3.50. The number of fused-ring (bicyclic) bond motifs is 1. The minimum atomic E-state index is 0.333. The minimum Gasteiger partial charge on any atom is -0.295 e. The van der Waals surface area contributed by atoms with E-state index >= 15 is 0 Å². The van der Waals surface area contributed by atoms with Crippen molar-refractivity contribution in [1.29, 1.82) is 0 Å². The van der Waals surface area contributed by atoms with Gasteiger partial charge in [0.2, 0.25) is 0 Å². The summed E-state index contributed by atoms with van der Waals surface area (Å²) in [4.78, 5) is 6.44. The molecule has 1 aromatic heterocycles. The lowest BCUT2D eigenvalue weighted by Crippen LogP contribution is -2.21. The van der Waals surface area contributed by atoms with Crippen molar-refractivity contribution in [2.75, 3.05) is 7.05 Å². The van der Waals surface area contributed by atoms with Gasteiger partial charge in [-0.3, -0.25) is 4.90 Å². The average Bonchev–Trinajstić information content (AvgIpc) is 2.58. The minimum absolute atomic E-state index is 0.333. The third-order valence-corrected chi connectivity index (χ3v) is 4.83. The van der Waals surface area contributed by atoms with Gasteiger partial charge in [-0.1, -0.05) is 65.7 Å². The number of benzene rings is 2. The van der Waals surface area contributed by atoms with Gasteiger partial charge in [0, 0.05) is 29.6 Å². The predicted octanol–water partition coefficient (Wildman–Crippen LogP) is 5.73. The number of rotatable bonds is 4. The second-order valence-electron chi connectivity index (χ2n) is 5.78. The summed E-state index contributed by atoms with van der Waals surface area (Å²) in [6, 6.07) is 17.0. The Balaban J connectivity index is 1.85. The maximum Gasteiger partial charge on any atom is 0.136 e. The van der Waals surface area contributed by atoms with Gasteiger partial charge in [0.1, 0.15) is 5.15 Å². The number of hydrogen-bond acceptors (Lipinski definition) is 2. The lowest BCUT2D eigenvalue weighted by Gasteiger charge is -2.25. The summed E-state index contributed by atoms with van der Waals surface area (Å²) in [7, 11) is 2.12. The molecule has 2 aromatic carbocycles. The smallest absolute Gasteiger partial charge is 0.136 e. The molecule has 0 aliphatic carbocycles. The molecule has 3 aromatic rings. The van der Waals surface area contributed by atoms with Crippen molar-refractivity contribution in [3.8, 4) is 0 Å². The van der Waals surface area contributed by atoms with E-state index < -0.39 is 0 Å². The SMILES string of the molecule is CC(c1ccccc1)N(C)Cc1ccc2c(Cl)cnc(Cl)c2c1. The van der Waals surface area contributed by atoms with E-state index in [1.807, 2.05) is 12.1 Å². The maximum absolute atomic E-state index is 6.21. The Hall–Kier alpha value is -1.61. The molecule has 0 saturated carbocycles. The number of nitrogens with zero attached hydrogens (tertiary/aromatic N) is 2. The quantitative estimate of drug-likeness (QED) is 0.561. The Kier molecular flexibility index (Phi) is 4.86. The number of halogens is 2. The van der Waals surface area contributed by atoms with Gasteiger partial charge in [0.05, 0.1) is 5.02 Å². The molecule has 118 valence electrons. The van der Waals surface area contributed by atoms with Crippen LogP contribution in [0.5, 0.6) is 0 Å². The van der Waals surface area contributed by atoms with Crippen LogP contribution in [0.1, 0.15) is 24.1 Å². The molecule has 0 bridgehead atoms. The van der Waals surface area contributed by atoms with Crippen LogP contribution in [-0.4, -0.2) is 16.9 Å². The highest BCUT2D eigenvalue weighted by atomic mass is 35.5. The molecule has 4 heteroatoms. The van der Waals surface area contributed by atoms with Gasteiger partial charge >= 0.3 is 0 Å². The summed E-state index contributed by atoms with van der Waals surface area (Å²) in [5, 5.41) is 2.96. The second kappa shape index (κ2) is 6.88. The molecule has 0 fully saturated rings. The van der Waals surface area contributed by atoms with Crippen molar-refractivity contribution in [1.82, 2.24) is 9.88 Å². The highest BCUT2D eigenvalue weighted by Gasteiger charge is 2.13. The highest BCUT2D eigenvalue weighted by molar-refractivity contribution is 6.39. The van der Waals surface area contributed by atoms with Crippen molar-refractivity contribution in [3.05, 3.63) is 76.0 Å². The molecule has 1 unspecified atom stereocenters. The average molecular weight is 345 g/mol. The third-order valence-electron chi connectivity index (χ3n) is 4.23. The molecule has 0 spiro atoms. The molecule has 1 heterocycles. The van der Waals surface area contributed by atoms with Crippen LogP contribution in [0.25, 0.3) is 10.8 Å². The van der Waals surface area contributed by atoms with Gasteiger partial charge in [0.25, 0.3) is 0 Å². The summed E-state index contributed by atoms with van der Waals surface area (Å²) < 4.78 is 0. The van der Waals surface area contributed by atoms with Crippen LogP contribution >= 0.6 is 23.2 Å². The first kappa shape index (κ1) is 16.3. The molecule has 2 nitrogen and oxygen atoms in total. The molecule has 0 radical (unpaired) electrons. The molecular weight excluding hydrogens is 327 g/mol. The first-order valence-corrected chi connectivity index (χ1v) is 8.29. The van der Waals surface area contributed by atoms with Crippen LogP contribution < -0.4 is 0 Å². The fourth-order valence-corrected chi connectivity index (χ4v) is 3.15. The van der Waals surface area contributed by atoms with E-state index in [-0.39, 0.29) is 0 Å². The second-order valence-corrected chi connectivity index (χ2v) is 6.54. The normalized spacial score (nSPS) is 12.7. The molecule has 3 rings (SSSR count). The Morgan fingerprint density at radius 2 is 1.78 bits per heavy atom. The van der Waals surface area contributed by atoms with E-state index in [0.29, 0.717) is 16.2 Å². The van der Waals surface area contributed by atoms with Crippen molar-refractivity contribution < 1.29 is 0 Å². The van der Waals surface area contributed by atoms with Crippen LogP contribution in [0.2, 0.25) is 10.2 Å². The number of hydrogen-bond donors (Lipinski definition) is 0. The molecule has 0 saturated heterocycles. The van der Waals surface area contributed by atoms with Crippen LogP contribution in [0.3, 0.4) is 0 Å². The van der Waals surface area contributed by atoms with Gasteiger partial charge in [0.15, 0.2) is 0 Å². The largest absolute Gasteiger partial charge is 0.295 e. The van der Waals surface area contributed by atoms with E-state index in [1.54, 1.807) is 6.20 Å². The fourth-order valence-electron chi connectivity index (χ4n) is 2.73. The Labute approximate surface area is 146 Å². The molecule has 23 heavy (non-hydrogen) atoms. The van der Waals surface area contributed by atoms with Gasteiger partial charge in [-0.2, -0.15) is 0 Å². The Morgan fingerprint density at radius 3 is 2.52 bits per heavy atom. The fraction of sp³-hybridized carbons (Fsp3) is 0.211. The Morgan fingerprint density at radius 1 is 1.04 bits per heavy atom. The summed E-state index contributed by atoms with van der Waals surface area (Å²) in [5.41, 5.74) is 2.49. The van der Waals surface area contributed by atoms with E-state index in [1.165, 1.54) is 11.1 Å². The lowest BCUT2D eigenvalue weighted by atomic mass is 10.1. The first-order chi connectivity index (χ1) is 11.1. The van der Waals surface area contributed by atoms with Crippen molar-refractivity contribution in [2.24, 2.45) is 0 Å². The van der Waals surface area contributed by atoms with Crippen molar-refractivity contribution in [3.63, 3.8) is 0 Å². The van der Waals surface area contributed by atoms with Crippen molar-refractivity contribution >= 4 is 34.0 Å². The van der Waals surface area contributed by atoms with Crippen LogP contribution in [0.4, 0.5) is 0 Å². The zero-order valence-corrected chi connectivity index (χ0v) is 14.6. The topological polar surface area (TPSA) is 16.1 Å². The van der Waals surface area contributed by atoms with Gasteiger partial charge in [-0.25, -0.2) is 4.98 Å². The summed E-state index contributed by atoms with van der Waals surface area (Å²) in [6.07, 6.45) is 1.59. The van der Waals surface area contributed by atoms with Gasteiger partial charge < -0.3 is 0 Å². The Bertz CT molecular complexity index is 818. The molecule has 0 N–H and O–H groups in total. The molecule has 0 aliphatic rings. The van der Waals surface area contributed by atoms with E-state index in [9.17, 15) is 0 Å². The first-order valence-electron chi connectivity index (χ1n) is 7.54. The summed E-state index contributed by atoms with van der Waals surface area (Å²) in [5.74, 6) is 0. The predicted molar refractivity (Wildman–Crippen MR) is 98.1 cm³/mol. The molecule has 0 aliphatic heterocycles. The maximum atomic E-state index is 6.21. The zero-order chi connectivity index (χ0) is 16.4. The van der Waals surface area contributed by atoms with Crippen LogP contribution in [0, 0.1) is 0 Å². The monoisotopic (exact) mass is 344 g/mol. The van der Waals surface area contributed by atoms with E-state index in [0.717, 1.165) is 17.3 Å². The number of aromatic nitrogens is 1. The summed E-state index contributed by atoms with van der Waals surface area (Å²) in [6.45, 7) is 3.04. The van der Waals surface area contributed by atoms with Crippen LogP contribution in [-0.2, 0) is 6.54 Å². The zero-order valence-electron chi connectivity index (χ0n) is 13.1. The van der Waals surface area contributed by atoms with Crippen LogP contribution in [0.15, 0.2) is 54.7 Å². The molecule has 1 atom stereocenters. The van der Waals surface area contributed by atoms with Gasteiger partial charge in [-0.05, 0) is 31.2 Å².